The number of halogens is 1. The molecule has 1 fully saturated rings. The number of nitrogens with one attached hydrogen (secondary N) is 2. The van der Waals surface area contributed by atoms with Gasteiger partial charge in [0.1, 0.15) is 0 Å². The second-order valence-corrected chi connectivity index (χ2v) is 8.50. The SMILES string of the molecule is CNC(=O)NC(=O)C(C)N1CCN(S(=O)(=O)c2cccc(Br)c2)CC1. The maximum Gasteiger partial charge on any atom is 0.321 e. The molecule has 10 heteroatoms. The molecule has 1 aromatic carbocycles. The molecule has 2 rings (SSSR count). The zero-order chi connectivity index (χ0) is 18.6. The highest BCUT2D eigenvalue weighted by atomic mass is 79.9. The standard InChI is InChI=1S/C15H21BrN4O4S/c1-11(14(21)18-15(22)17-2)19-6-8-20(9-7-19)25(23,24)13-5-3-4-12(16)10-13/h3-5,10-11H,6-9H2,1-2H3,(H2,17,18,21,22). The van der Waals surface area contributed by atoms with E-state index < -0.39 is 28.0 Å². The van der Waals surface area contributed by atoms with Crippen LogP contribution in [-0.4, -0.2) is 68.8 Å². The van der Waals surface area contributed by atoms with Crippen LogP contribution in [0, 0.1) is 0 Å². The highest BCUT2D eigenvalue weighted by Crippen LogP contribution is 2.21. The number of imide groups is 1. The van der Waals surface area contributed by atoms with Crippen LogP contribution < -0.4 is 10.6 Å². The summed E-state index contributed by atoms with van der Waals surface area (Å²) in [7, 11) is -2.14. The van der Waals surface area contributed by atoms with E-state index in [4.69, 9.17) is 0 Å². The van der Waals surface area contributed by atoms with Crippen LogP contribution in [0.2, 0.25) is 0 Å². The minimum Gasteiger partial charge on any atom is -0.341 e. The van der Waals surface area contributed by atoms with E-state index in [1.54, 1.807) is 31.2 Å². The maximum absolute atomic E-state index is 12.7. The van der Waals surface area contributed by atoms with E-state index in [0.29, 0.717) is 17.6 Å². The first-order valence-corrected chi connectivity index (χ1v) is 10.0. The molecule has 1 aliphatic heterocycles. The summed E-state index contributed by atoms with van der Waals surface area (Å²) in [5.41, 5.74) is 0. The molecule has 0 bridgehead atoms. The van der Waals surface area contributed by atoms with Gasteiger partial charge in [-0.25, -0.2) is 13.2 Å². The fourth-order valence-electron chi connectivity index (χ4n) is 2.55. The number of amides is 3. The van der Waals surface area contributed by atoms with E-state index in [-0.39, 0.29) is 18.0 Å². The van der Waals surface area contributed by atoms with Crippen molar-refractivity contribution >= 4 is 37.9 Å². The van der Waals surface area contributed by atoms with E-state index in [1.807, 2.05) is 4.90 Å². The maximum atomic E-state index is 12.7. The van der Waals surface area contributed by atoms with Crippen LogP contribution in [0.1, 0.15) is 6.92 Å². The van der Waals surface area contributed by atoms with Gasteiger partial charge in [-0.15, -0.1) is 0 Å². The third kappa shape index (κ3) is 4.78. The number of rotatable bonds is 4. The first-order chi connectivity index (χ1) is 11.8. The molecule has 0 saturated carbocycles. The lowest BCUT2D eigenvalue weighted by Gasteiger charge is -2.36. The number of carbonyl (C=O) groups is 2. The largest absolute Gasteiger partial charge is 0.341 e. The molecule has 0 aliphatic carbocycles. The lowest BCUT2D eigenvalue weighted by Crippen LogP contribution is -2.56. The Bertz CT molecular complexity index is 748. The lowest BCUT2D eigenvalue weighted by atomic mass is 10.2. The van der Waals surface area contributed by atoms with Gasteiger partial charge in [-0.2, -0.15) is 4.31 Å². The van der Waals surface area contributed by atoms with Gasteiger partial charge in [-0.3, -0.25) is 15.0 Å². The van der Waals surface area contributed by atoms with Crippen LogP contribution >= 0.6 is 15.9 Å². The fraction of sp³-hybridized carbons (Fsp3) is 0.467. The van der Waals surface area contributed by atoms with E-state index in [0.717, 1.165) is 0 Å². The molecule has 1 saturated heterocycles. The number of urea groups is 1. The van der Waals surface area contributed by atoms with Gasteiger partial charge in [0.05, 0.1) is 10.9 Å². The minimum atomic E-state index is -3.56. The van der Waals surface area contributed by atoms with Crippen molar-refractivity contribution < 1.29 is 18.0 Å². The molecule has 1 heterocycles. The van der Waals surface area contributed by atoms with Crippen molar-refractivity contribution in [3.63, 3.8) is 0 Å². The zero-order valence-electron chi connectivity index (χ0n) is 14.0. The number of nitrogens with zero attached hydrogens (tertiary/aromatic N) is 2. The number of hydrogen-bond acceptors (Lipinski definition) is 5. The number of benzene rings is 1. The van der Waals surface area contributed by atoms with Gasteiger partial charge in [0.2, 0.25) is 15.9 Å². The Morgan fingerprint density at radius 3 is 2.40 bits per heavy atom. The molecular formula is C15H21BrN4O4S. The Labute approximate surface area is 155 Å². The topological polar surface area (TPSA) is 98.8 Å². The number of hydrogen-bond donors (Lipinski definition) is 2. The van der Waals surface area contributed by atoms with Crippen LogP contribution in [0.25, 0.3) is 0 Å². The van der Waals surface area contributed by atoms with E-state index in [2.05, 4.69) is 26.6 Å². The van der Waals surface area contributed by atoms with Gasteiger partial charge >= 0.3 is 6.03 Å². The Hall–Kier alpha value is -1.49. The number of carbonyl (C=O) groups excluding carboxylic acids is 2. The lowest BCUT2D eigenvalue weighted by molar-refractivity contribution is -0.125. The third-order valence-corrected chi connectivity index (χ3v) is 6.49. The molecule has 0 radical (unpaired) electrons. The zero-order valence-corrected chi connectivity index (χ0v) is 16.4. The van der Waals surface area contributed by atoms with Crippen molar-refractivity contribution in [3.05, 3.63) is 28.7 Å². The average Bonchev–Trinajstić information content (AvgIpc) is 2.61. The van der Waals surface area contributed by atoms with Crippen LogP contribution in [0.5, 0.6) is 0 Å². The second kappa shape index (κ2) is 8.26. The van der Waals surface area contributed by atoms with E-state index in [1.165, 1.54) is 11.4 Å². The van der Waals surface area contributed by atoms with Gasteiger partial charge < -0.3 is 5.32 Å². The summed E-state index contributed by atoms with van der Waals surface area (Å²) in [6.07, 6.45) is 0. The van der Waals surface area contributed by atoms with Gasteiger partial charge in [-0.05, 0) is 25.1 Å². The van der Waals surface area contributed by atoms with Crippen LogP contribution in [0.15, 0.2) is 33.6 Å². The molecule has 8 nitrogen and oxygen atoms in total. The molecule has 138 valence electrons. The second-order valence-electron chi connectivity index (χ2n) is 5.64. The van der Waals surface area contributed by atoms with E-state index in [9.17, 15) is 18.0 Å². The summed E-state index contributed by atoms with van der Waals surface area (Å²) in [5, 5.41) is 4.56. The molecule has 1 atom stereocenters. The van der Waals surface area contributed by atoms with E-state index >= 15 is 0 Å². The van der Waals surface area contributed by atoms with Crippen molar-refractivity contribution in [3.8, 4) is 0 Å². The van der Waals surface area contributed by atoms with Gasteiger partial charge in [-0.1, -0.05) is 22.0 Å². The molecule has 1 aromatic rings. The van der Waals surface area contributed by atoms with Crippen molar-refractivity contribution in [1.29, 1.82) is 0 Å². The molecule has 1 unspecified atom stereocenters. The molecular weight excluding hydrogens is 412 g/mol. The van der Waals surface area contributed by atoms with Gasteiger partial charge in [0.15, 0.2) is 0 Å². The number of sulfonamides is 1. The summed E-state index contributed by atoms with van der Waals surface area (Å²) in [6, 6.07) is 5.50. The molecule has 25 heavy (non-hydrogen) atoms. The number of piperazine rings is 1. The summed E-state index contributed by atoms with van der Waals surface area (Å²) >= 11 is 3.28. The average molecular weight is 433 g/mol. The Kier molecular flexibility index (Phi) is 6.55. The molecule has 2 N–H and O–H groups in total. The summed E-state index contributed by atoms with van der Waals surface area (Å²) < 4.78 is 27.5. The van der Waals surface area contributed by atoms with Crippen LogP contribution in [0.4, 0.5) is 4.79 Å². The monoisotopic (exact) mass is 432 g/mol. The first-order valence-electron chi connectivity index (χ1n) is 7.78. The Morgan fingerprint density at radius 1 is 1.20 bits per heavy atom. The fourth-order valence-corrected chi connectivity index (χ4v) is 4.57. The van der Waals surface area contributed by atoms with Crippen molar-refractivity contribution in [2.45, 2.75) is 17.9 Å². The van der Waals surface area contributed by atoms with Crippen molar-refractivity contribution in [1.82, 2.24) is 19.8 Å². The summed E-state index contributed by atoms with van der Waals surface area (Å²) in [6.45, 7) is 3.08. The molecule has 3 amide bonds. The highest BCUT2D eigenvalue weighted by Gasteiger charge is 2.32. The van der Waals surface area contributed by atoms with Crippen LogP contribution in [-0.2, 0) is 14.8 Å². The Balaban J connectivity index is 1.99. The molecule has 0 aromatic heterocycles. The predicted octanol–water partition coefficient (Wildman–Crippen LogP) is 0.600. The Morgan fingerprint density at radius 2 is 1.84 bits per heavy atom. The normalized spacial score (nSPS) is 17.7. The molecule has 1 aliphatic rings. The smallest absolute Gasteiger partial charge is 0.321 e. The van der Waals surface area contributed by atoms with Crippen molar-refractivity contribution in [2.24, 2.45) is 0 Å². The minimum absolute atomic E-state index is 0.237. The highest BCUT2D eigenvalue weighted by molar-refractivity contribution is 9.10. The molecule has 0 spiro atoms. The van der Waals surface area contributed by atoms with Crippen molar-refractivity contribution in [2.75, 3.05) is 33.2 Å². The third-order valence-electron chi connectivity index (χ3n) is 4.10. The van der Waals surface area contributed by atoms with Gasteiger partial charge in [0, 0.05) is 37.7 Å². The summed E-state index contributed by atoms with van der Waals surface area (Å²) in [5.74, 6) is -0.414. The van der Waals surface area contributed by atoms with Gasteiger partial charge in [0.25, 0.3) is 0 Å². The summed E-state index contributed by atoms with van der Waals surface area (Å²) in [4.78, 5) is 25.3. The quantitative estimate of drug-likeness (QED) is 0.725. The predicted molar refractivity (Wildman–Crippen MR) is 96.5 cm³/mol. The van der Waals surface area contributed by atoms with Crippen LogP contribution in [0.3, 0.4) is 0 Å². The first kappa shape index (κ1) is 19.8.